The normalized spacial score (nSPS) is 12.4. The van der Waals surface area contributed by atoms with Gasteiger partial charge in [-0.25, -0.2) is 0 Å². The Hall–Kier alpha value is -2.88. The molecule has 8 heteroatoms. The SMILES string of the molecule is CCOc1cc2c(cc1/C=C(\C#N)C(=O)Nc1ccc(Cl)cc1Cl)OCO2. The summed E-state index contributed by atoms with van der Waals surface area (Å²) in [5.74, 6) is 0.934. The highest BCUT2D eigenvalue weighted by Gasteiger charge is 2.19. The second-order valence-electron chi connectivity index (χ2n) is 5.42. The van der Waals surface area contributed by atoms with Crippen LogP contribution in [-0.2, 0) is 4.79 Å². The molecule has 1 heterocycles. The van der Waals surface area contributed by atoms with Gasteiger partial charge in [0.25, 0.3) is 5.91 Å². The minimum atomic E-state index is -0.609. The van der Waals surface area contributed by atoms with E-state index in [0.29, 0.717) is 40.1 Å². The smallest absolute Gasteiger partial charge is 0.266 e. The molecule has 6 nitrogen and oxygen atoms in total. The van der Waals surface area contributed by atoms with Crippen molar-refractivity contribution in [1.82, 2.24) is 0 Å². The lowest BCUT2D eigenvalue weighted by Crippen LogP contribution is -2.13. The lowest BCUT2D eigenvalue weighted by atomic mass is 10.1. The van der Waals surface area contributed by atoms with Gasteiger partial charge in [-0.15, -0.1) is 0 Å². The molecule has 0 atom stereocenters. The van der Waals surface area contributed by atoms with Crippen LogP contribution in [0.5, 0.6) is 17.2 Å². The second-order valence-corrected chi connectivity index (χ2v) is 6.27. The maximum absolute atomic E-state index is 12.5. The lowest BCUT2D eigenvalue weighted by molar-refractivity contribution is -0.112. The zero-order chi connectivity index (χ0) is 19.4. The summed E-state index contributed by atoms with van der Waals surface area (Å²) in [6.07, 6.45) is 1.42. The van der Waals surface area contributed by atoms with E-state index in [9.17, 15) is 10.1 Å². The summed E-state index contributed by atoms with van der Waals surface area (Å²) in [5.41, 5.74) is 0.749. The van der Waals surface area contributed by atoms with E-state index >= 15 is 0 Å². The quantitative estimate of drug-likeness (QED) is 0.578. The Labute approximate surface area is 165 Å². The van der Waals surface area contributed by atoms with Gasteiger partial charge < -0.3 is 19.5 Å². The topological polar surface area (TPSA) is 80.6 Å². The highest BCUT2D eigenvalue weighted by Crippen LogP contribution is 2.39. The van der Waals surface area contributed by atoms with Gasteiger partial charge in [0.05, 0.1) is 17.3 Å². The van der Waals surface area contributed by atoms with E-state index in [1.807, 2.05) is 13.0 Å². The molecule has 0 bridgehead atoms. The molecule has 27 heavy (non-hydrogen) atoms. The number of halogens is 2. The second kappa shape index (κ2) is 8.21. The number of amides is 1. The summed E-state index contributed by atoms with van der Waals surface area (Å²) in [7, 11) is 0. The summed E-state index contributed by atoms with van der Waals surface area (Å²) in [6.45, 7) is 2.35. The molecule has 0 fully saturated rings. The van der Waals surface area contributed by atoms with E-state index in [1.165, 1.54) is 12.1 Å². The number of ether oxygens (including phenoxy) is 3. The molecule has 3 rings (SSSR count). The maximum atomic E-state index is 12.5. The summed E-state index contributed by atoms with van der Waals surface area (Å²) >= 11 is 11.9. The number of benzene rings is 2. The molecule has 0 saturated heterocycles. The molecule has 1 aliphatic rings. The predicted octanol–water partition coefficient (Wildman–Crippen LogP) is 4.67. The number of rotatable bonds is 5. The maximum Gasteiger partial charge on any atom is 0.266 e. The third-order valence-electron chi connectivity index (χ3n) is 3.65. The Morgan fingerprint density at radius 3 is 2.70 bits per heavy atom. The Morgan fingerprint density at radius 1 is 1.30 bits per heavy atom. The first-order chi connectivity index (χ1) is 13.0. The number of anilines is 1. The van der Waals surface area contributed by atoms with Crippen LogP contribution in [0.3, 0.4) is 0 Å². The molecule has 0 saturated carbocycles. The van der Waals surface area contributed by atoms with Gasteiger partial charge in [-0.1, -0.05) is 23.2 Å². The van der Waals surface area contributed by atoms with E-state index < -0.39 is 5.91 Å². The predicted molar refractivity (Wildman–Crippen MR) is 102 cm³/mol. The number of hydrogen-bond donors (Lipinski definition) is 1. The Morgan fingerprint density at radius 2 is 2.04 bits per heavy atom. The average molecular weight is 405 g/mol. The Bertz CT molecular complexity index is 967. The van der Waals surface area contributed by atoms with E-state index in [-0.39, 0.29) is 17.4 Å². The third kappa shape index (κ3) is 4.27. The van der Waals surface area contributed by atoms with Gasteiger partial charge in [-0.2, -0.15) is 5.26 Å². The fourth-order valence-corrected chi connectivity index (χ4v) is 2.87. The van der Waals surface area contributed by atoms with Crippen LogP contribution in [0.2, 0.25) is 10.0 Å². The monoisotopic (exact) mass is 404 g/mol. The first-order valence-corrected chi connectivity index (χ1v) is 8.72. The van der Waals surface area contributed by atoms with Gasteiger partial charge in [-0.05, 0) is 37.3 Å². The largest absolute Gasteiger partial charge is 0.493 e. The van der Waals surface area contributed by atoms with Gasteiger partial charge in [-0.3, -0.25) is 4.79 Å². The van der Waals surface area contributed by atoms with Crippen LogP contribution < -0.4 is 19.5 Å². The fourth-order valence-electron chi connectivity index (χ4n) is 2.42. The first kappa shape index (κ1) is 18.9. The standard InChI is InChI=1S/C19H14Cl2N2O4/c1-2-25-16-8-18-17(26-10-27-18)6-11(16)5-12(9-22)19(24)23-15-4-3-13(20)7-14(15)21/h3-8H,2,10H2,1H3,(H,23,24)/b12-5+. The van der Waals surface area contributed by atoms with Crippen LogP contribution in [0.15, 0.2) is 35.9 Å². The van der Waals surface area contributed by atoms with Crippen molar-refractivity contribution in [1.29, 1.82) is 5.26 Å². The van der Waals surface area contributed by atoms with Crippen LogP contribution in [0.25, 0.3) is 6.08 Å². The molecule has 1 aliphatic heterocycles. The van der Waals surface area contributed by atoms with Gasteiger partial charge >= 0.3 is 0 Å². The highest BCUT2D eigenvalue weighted by molar-refractivity contribution is 6.36. The van der Waals surface area contributed by atoms with Crippen LogP contribution in [0.1, 0.15) is 12.5 Å². The number of carbonyl (C=O) groups is 1. The molecule has 2 aromatic rings. The fraction of sp³-hybridized carbons (Fsp3) is 0.158. The highest BCUT2D eigenvalue weighted by atomic mass is 35.5. The molecule has 1 amide bonds. The zero-order valence-corrected chi connectivity index (χ0v) is 15.7. The van der Waals surface area contributed by atoms with Gasteiger partial charge in [0.15, 0.2) is 11.5 Å². The van der Waals surface area contributed by atoms with Crippen molar-refractivity contribution in [2.24, 2.45) is 0 Å². The van der Waals surface area contributed by atoms with Crippen molar-refractivity contribution in [3.63, 3.8) is 0 Å². The molecule has 0 unspecified atom stereocenters. The number of nitrogens with zero attached hydrogens (tertiary/aromatic N) is 1. The van der Waals surface area contributed by atoms with E-state index in [0.717, 1.165) is 0 Å². The molecular weight excluding hydrogens is 391 g/mol. The first-order valence-electron chi connectivity index (χ1n) is 7.96. The molecule has 0 spiro atoms. The lowest BCUT2D eigenvalue weighted by Gasteiger charge is -2.10. The van der Waals surface area contributed by atoms with E-state index in [4.69, 9.17) is 37.4 Å². The summed E-state index contributed by atoms with van der Waals surface area (Å²) in [4.78, 5) is 12.5. The van der Waals surface area contributed by atoms with Gasteiger partial charge in [0.2, 0.25) is 6.79 Å². The zero-order valence-electron chi connectivity index (χ0n) is 14.2. The summed E-state index contributed by atoms with van der Waals surface area (Å²) < 4.78 is 16.3. The van der Waals surface area contributed by atoms with Crippen LogP contribution >= 0.6 is 23.2 Å². The van der Waals surface area contributed by atoms with Crippen LogP contribution in [0, 0.1) is 11.3 Å². The molecule has 0 radical (unpaired) electrons. The van der Waals surface area contributed by atoms with Crippen molar-refractivity contribution in [2.45, 2.75) is 6.92 Å². The molecular formula is C19H14Cl2N2O4. The van der Waals surface area contributed by atoms with Crippen molar-refractivity contribution < 1.29 is 19.0 Å². The number of fused-ring (bicyclic) bond motifs is 1. The third-order valence-corrected chi connectivity index (χ3v) is 4.20. The number of nitrogens with one attached hydrogen (secondary N) is 1. The van der Waals surface area contributed by atoms with Crippen LogP contribution in [-0.4, -0.2) is 19.3 Å². The Kier molecular flexibility index (Phi) is 5.75. The molecule has 0 aliphatic carbocycles. The number of nitriles is 1. The van der Waals surface area contributed by atoms with Crippen molar-refractivity contribution in [2.75, 3.05) is 18.7 Å². The van der Waals surface area contributed by atoms with Crippen molar-refractivity contribution in [3.8, 4) is 23.3 Å². The van der Waals surface area contributed by atoms with Crippen molar-refractivity contribution >= 4 is 40.9 Å². The van der Waals surface area contributed by atoms with Gasteiger partial charge in [0, 0.05) is 16.7 Å². The van der Waals surface area contributed by atoms with E-state index in [2.05, 4.69) is 5.32 Å². The molecule has 1 N–H and O–H groups in total. The molecule has 2 aromatic carbocycles. The average Bonchev–Trinajstić information content (AvgIpc) is 3.09. The molecule has 138 valence electrons. The van der Waals surface area contributed by atoms with Crippen molar-refractivity contribution in [3.05, 3.63) is 51.5 Å². The summed E-state index contributed by atoms with van der Waals surface area (Å²) in [5, 5.41) is 12.7. The number of hydrogen-bond acceptors (Lipinski definition) is 5. The summed E-state index contributed by atoms with van der Waals surface area (Å²) in [6, 6.07) is 9.86. The Balaban J connectivity index is 1.92. The minimum absolute atomic E-state index is 0.106. The van der Waals surface area contributed by atoms with Gasteiger partial charge in [0.1, 0.15) is 17.4 Å². The van der Waals surface area contributed by atoms with E-state index in [1.54, 1.807) is 24.3 Å². The molecule has 0 aromatic heterocycles. The number of carbonyl (C=O) groups excluding carboxylic acids is 1. The van der Waals surface area contributed by atoms with Crippen LogP contribution in [0.4, 0.5) is 5.69 Å². The minimum Gasteiger partial charge on any atom is -0.493 e.